The fourth-order valence-electron chi connectivity index (χ4n) is 4.00. The minimum absolute atomic E-state index is 0.0785. The Labute approximate surface area is 213 Å². The van der Waals surface area contributed by atoms with Crippen LogP contribution in [-0.2, 0) is 16.0 Å². The van der Waals surface area contributed by atoms with Crippen molar-refractivity contribution < 1.29 is 29.0 Å². The van der Waals surface area contributed by atoms with Crippen LogP contribution in [0.4, 0.5) is 4.39 Å². The molecule has 0 aliphatic heterocycles. The maximum atomic E-state index is 15.3. The number of halogens is 1. The zero-order chi connectivity index (χ0) is 27.0. The number of carbonyl (C=O) groups is 3. The number of hydrogen-bond acceptors (Lipinski definition) is 4. The summed E-state index contributed by atoms with van der Waals surface area (Å²) in [7, 11) is 0. The topological polar surface area (TPSA) is 91.7 Å². The molecule has 6 heteroatoms. The van der Waals surface area contributed by atoms with Gasteiger partial charge in [-0.2, -0.15) is 0 Å². The molecule has 0 radical (unpaired) electrons. The number of Topliss-reactive ketones (excluding diaryl/α,β-unsaturated/α-hetero) is 2. The van der Waals surface area contributed by atoms with Gasteiger partial charge in [0.1, 0.15) is 5.82 Å². The molecule has 0 atom stereocenters. The Morgan fingerprint density at radius 3 is 2.28 bits per heavy atom. The van der Waals surface area contributed by atoms with Crippen LogP contribution in [0.25, 0.3) is 0 Å². The summed E-state index contributed by atoms with van der Waals surface area (Å²) in [5, 5.41) is 19.3. The summed E-state index contributed by atoms with van der Waals surface area (Å²) in [6.07, 6.45) is 11.4. The van der Waals surface area contributed by atoms with E-state index < -0.39 is 17.6 Å². The third-order valence-corrected chi connectivity index (χ3v) is 6.62. The Hall–Kier alpha value is -3.28. The van der Waals surface area contributed by atoms with Crippen LogP contribution in [0, 0.1) is 11.7 Å². The smallest absolute Gasteiger partial charge is 0.377 e. The molecule has 1 aliphatic rings. The largest absolute Gasteiger partial charge is 0.504 e. The highest BCUT2D eigenvalue weighted by molar-refractivity contribution is 6.40. The number of aliphatic carboxylic acids is 1. The number of ketones is 2. The first-order valence-electron chi connectivity index (χ1n) is 12.5. The summed E-state index contributed by atoms with van der Waals surface area (Å²) < 4.78 is 15.3. The van der Waals surface area contributed by atoms with Crippen molar-refractivity contribution in [3.63, 3.8) is 0 Å². The molecule has 0 heterocycles. The van der Waals surface area contributed by atoms with Crippen LogP contribution in [0.5, 0.6) is 0 Å². The van der Waals surface area contributed by atoms with Gasteiger partial charge in [0.25, 0.3) is 5.78 Å². The lowest BCUT2D eigenvalue weighted by atomic mass is 9.81. The highest BCUT2D eigenvalue weighted by atomic mass is 19.1. The van der Waals surface area contributed by atoms with E-state index in [4.69, 9.17) is 0 Å². The van der Waals surface area contributed by atoms with Gasteiger partial charge < -0.3 is 10.2 Å². The van der Waals surface area contributed by atoms with Gasteiger partial charge in [0.05, 0.1) is 5.56 Å². The Kier molecular flexibility index (Phi) is 10.6. The SMILES string of the molecule is CCC(C)=C\C(=C/C=C(C)/C=C(\O)C(=O)C1CCC1)CCc1ccc(C(C)C)c(C(=O)C(=O)O)c1F. The minimum Gasteiger partial charge on any atom is -0.504 e. The number of aliphatic hydroxyl groups excluding tert-OH is 1. The fourth-order valence-corrected chi connectivity index (χ4v) is 4.00. The highest BCUT2D eigenvalue weighted by Crippen LogP contribution is 2.29. The molecule has 1 fully saturated rings. The van der Waals surface area contributed by atoms with Crippen LogP contribution in [0.2, 0.25) is 0 Å². The number of carboxylic acid groups (broad SMARTS) is 1. The van der Waals surface area contributed by atoms with Crippen LogP contribution < -0.4 is 0 Å². The highest BCUT2D eigenvalue weighted by Gasteiger charge is 2.28. The second-order valence-electron chi connectivity index (χ2n) is 9.81. The average molecular weight is 497 g/mol. The molecule has 194 valence electrons. The summed E-state index contributed by atoms with van der Waals surface area (Å²) in [6, 6.07) is 3.25. The van der Waals surface area contributed by atoms with Gasteiger partial charge in [0.15, 0.2) is 11.5 Å². The zero-order valence-corrected chi connectivity index (χ0v) is 21.9. The molecular weight excluding hydrogens is 459 g/mol. The van der Waals surface area contributed by atoms with Gasteiger partial charge in [-0.3, -0.25) is 9.59 Å². The number of hydrogen-bond donors (Lipinski definition) is 2. The number of benzene rings is 1. The number of rotatable bonds is 12. The van der Waals surface area contributed by atoms with Crippen molar-refractivity contribution in [1.82, 2.24) is 0 Å². The van der Waals surface area contributed by atoms with Crippen molar-refractivity contribution in [2.75, 3.05) is 0 Å². The van der Waals surface area contributed by atoms with Crippen LogP contribution in [-0.4, -0.2) is 27.7 Å². The molecule has 5 nitrogen and oxygen atoms in total. The van der Waals surface area contributed by atoms with Gasteiger partial charge in [-0.1, -0.05) is 63.1 Å². The van der Waals surface area contributed by atoms with Gasteiger partial charge in [0.2, 0.25) is 0 Å². The molecule has 2 N–H and O–H groups in total. The molecule has 0 amide bonds. The zero-order valence-electron chi connectivity index (χ0n) is 21.9. The third kappa shape index (κ3) is 7.61. The maximum Gasteiger partial charge on any atom is 0.377 e. The lowest BCUT2D eigenvalue weighted by Gasteiger charge is -2.23. The molecule has 1 aliphatic carbocycles. The molecule has 1 aromatic rings. The fraction of sp³-hybridized carbons (Fsp3) is 0.433. The van der Waals surface area contributed by atoms with Gasteiger partial charge in [-0.05, 0) is 80.2 Å². The first kappa shape index (κ1) is 29.0. The van der Waals surface area contributed by atoms with Crippen molar-refractivity contribution in [2.45, 2.75) is 79.1 Å². The predicted octanol–water partition coefficient (Wildman–Crippen LogP) is 7.19. The Bertz CT molecular complexity index is 1130. The Morgan fingerprint density at radius 2 is 1.75 bits per heavy atom. The normalized spacial score (nSPS) is 15.8. The summed E-state index contributed by atoms with van der Waals surface area (Å²) in [4.78, 5) is 35.7. The van der Waals surface area contributed by atoms with Crippen molar-refractivity contribution in [3.05, 3.63) is 81.4 Å². The van der Waals surface area contributed by atoms with E-state index in [2.05, 4.69) is 0 Å². The summed E-state index contributed by atoms with van der Waals surface area (Å²) >= 11 is 0. The van der Waals surface area contributed by atoms with Crippen molar-refractivity contribution >= 4 is 17.5 Å². The molecule has 0 bridgehead atoms. The molecular formula is C30H37FO5. The number of aryl methyl sites for hydroxylation is 1. The summed E-state index contributed by atoms with van der Waals surface area (Å²) in [6.45, 7) is 9.39. The second-order valence-corrected chi connectivity index (χ2v) is 9.81. The molecule has 0 unspecified atom stereocenters. The lowest BCUT2D eigenvalue weighted by Crippen LogP contribution is -2.23. The molecule has 2 rings (SSSR count). The number of aliphatic hydroxyl groups is 1. The Balaban J connectivity index is 2.32. The lowest BCUT2D eigenvalue weighted by molar-refractivity contribution is -0.131. The van der Waals surface area contributed by atoms with E-state index in [1.165, 1.54) is 6.08 Å². The van der Waals surface area contributed by atoms with E-state index in [9.17, 15) is 24.6 Å². The van der Waals surface area contributed by atoms with Crippen molar-refractivity contribution in [2.24, 2.45) is 5.92 Å². The molecule has 36 heavy (non-hydrogen) atoms. The quantitative estimate of drug-likeness (QED) is 0.105. The van der Waals surface area contributed by atoms with Crippen LogP contribution in [0.15, 0.2) is 58.9 Å². The van der Waals surface area contributed by atoms with Gasteiger partial charge >= 0.3 is 5.97 Å². The summed E-state index contributed by atoms with van der Waals surface area (Å²) in [5.41, 5.74) is 3.04. The number of carbonyl (C=O) groups excluding carboxylic acids is 2. The first-order valence-corrected chi connectivity index (χ1v) is 12.5. The predicted molar refractivity (Wildman–Crippen MR) is 140 cm³/mol. The molecule has 0 saturated heterocycles. The molecule has 0 aromatic heterocycles. The minimum atomic E-state index is -1.68. The monoisotopic (exact) mass is 496 g/mol. The van der Waals surface area contributed by atoms with E-state index in [0.717, 1.165) is 36.8 Å². The molecule has 1 saturated carbocycles. The van der Waals surface area contributed by atoms with Gasteiger partial charge in [0, 0.05) is 5.92 Å². The van der Waals surface area contributed by atoms with Crippen molar-refractivity contribution in [3.8, 4) is 0 Å². The van der Waals surface area contributed by atoms with Gasteiger partial charge in [-0.15, -0.1) is 0 Å². The first-order chi connectivity index (χ1) is 17.0. The van der Waals surface area contributed by atoms with E-state index >= 15 is 4.39 Å². The number of allylic oxidation sites excluding steroid dienone is 8. The average Bonchev–Trinajstić information content (AvgIpc) is 2.79. The van der Waals surface area contributed by atoms with Crippen LogP contribution in [0.1, 0.15) is 94.1 Å². The third-order valence-electron chi connectivity index (χ3n) is 6.62. The maximum absolute atomic E-state index is 15.3. The molecule has 1 aromatic carbocycles. The second kappa shape index (κ2) is 13.1. The van der Waals surface area contributed by atoms with Crippen LogP contribution in [0.3, 0.4) is 0 Å². The van der Waals surface area contributed by atoms with E-state index in [0.29, 0.717) is 17.6 Å². The van der Waals surface area contributed by atoms with Crippen molar-refractivity contribution in [1.29, 1.82) is 0 Å². The Morgan fingerprint density at radius 1 is 1.08 bits per heavy atom. The van der Waals surface area contributed by atoms with Crippen LogP contribution >= 0.6 is 0 Å². The number of carboxylic acids is 1. The van der Waals surface area contributed by atoms with E-state index in [-0.39, 0.29) is 40.9 Å². The molecule has 0 spiro atoms. The van der Waals surface area contributed by atoms with Gasteiger partial charge in [-0.25, -0.2) is 9.18 Å². The standard InChI is InChI=1S/C30H37FO5/c1-6-19(4)16-21(11-10-20(5)17-25(32)28(33)23-8-7-9-23)12-13-22-14-15-24(18(2)3)26(27(22)31)29(34)30(35)36/h10-11,14-18,23,32H,6-9,12-13H2,1-5H3,(H,35,36)/b19-16?,20-10+,21-11-,25-17-. The van der Waals surface area contributed by atoms with E-state index in [1.54, 1.807) is 39.0 Å². The summed E-state index contributed by atoms with van der Waals surface area (Å²) in [5.74, 6) is -4.42. The van der Waals surface area contributed by atoms with E-state index in [1.807, 2.05) is 26.0 Å².